The Balaban J connectivity index is 1.47. The molecule has 2 amide bonds. The first-order valence-corrected chi connectivity index (χ1v) is 15.0. The number of amides is 2. The van der Waals surface area contributed by atoms with Gasteiger partial charge in [-0.25, -0.2) is 8.42 Å². The first kappa shape index (κ1) is 29.1. The van der Waals surface area contributed by atoms with Crippen LogP contribution in [-0.4, -0.2) is 112 Å². The quantitative estimate of drug-likeness (QED) is 0.412. The van der Waals surface area contributed by atoms with Crippen LogP contribution >= 0.6 is 11.6 Å². The van der Waals surface area contributed by atoms with Crippen molar-refractivity contribution >= 4 is 50.3 Å². The van der Waals surface area contributed by atoms with E-state index >= 15 is 0 Å². The number of piperazine rings is 1. The highest BCUT2D eigenvalue weighted by Gasteiger charge is 2.61. The Bertz CT molecular complexity index is 1520. The zero-order chi connectivity index (χ0) is 29.6. The molecule has 4 heterocycles. The third-order valence-corrected chi connectivity index (χ3v) is 9.90. The number of aliphatic carboxylic acids is 1. The van der Waals surface area contributed by atoms with E-state index in [2.05, 4.69) is 18.1 Å². The van der Waals surface area contributed by atoms with Crippen molar-refractivity contribution in [2.45, 2.75) is 35.6 Å². The van der Waals surface area contributed by atoms with Crippen molar-refractivity contribution in [1.82, 2.24) is 24.0 Å². The lowest BCUT2D eigenvalue weighted by atomic mass is 9.91. The Morgan fingerprint density at radius 1 is 1.20 bits per heavy atom. The highest BCUT2D eigenvalue weighted by Crippen LogP contribution is 2.44. The number of aromatic amines is 1. The lowest BCUT2D eigenvalue weighted by Gasteiger charge is -2.46. The first-order valence-electron chi connectivity index (χ1n) is 13.2. The summed E-state index contributed by atoms with van der Waals surface area (Å²) in [5.41, 5.74) is -1.73. The third-order valence-electron chi connectivity index (χ3n) is 7.95. The fraction of sp³-hybridized carbons (Fsp3) is 0.444. The second-order valence-electron chi connectivity index (χ2n) is 10.7. The summed E-state index contributed by atoms with van der Waals surface area (Å²) in [7, 11) is -4.20. The summed E-state index contributed by atoms with van der Waals surface area (Å²) >= 11 is 6.08. The summed E-state index contributed by atoms with van der Waals surface area (Å²) in [6.07, 6.45) is 3.98. The smallest absolute Gasteiger partial charge is 0.323 e. The summed E-state index contributed by atoms with van der Waals surface area (Å²) < 4.78 is 35.5. The molecule has 12 nitrogen and oxygen atoms in total. The van der Waals surface area contributed by atoms with E-state index in [1.165, 1.54) is 22.1 Å². The van der Waals surface area contributed by atoms with Crippen LogP contribution < -0.4 is 0 Å². The number of carbonyl (C=O) groups excluding carboxylic acids is 2. The van der Waals surface area contributed by atoms with E-state index in [1.54, 1.807) is 29.2 Å². The number of piperidine rings is 1. The number of aromatic nitrogens is 1. The molecular weight excluding hydrogens is 574 g/mol. The van der Waals surface area contributed by atoms with E-state index in [9.17, 15) is 27.9 Å². The van der Waals surface area contributed by atoms with Gasteiger partial charge in [-0.15, -0.1) is 6.58 Å². The molecule has 1 atom stereocenters. The molecule has 41 heavy (non-hydrogen) atoms. The van der Waals surface area contributed by atoms with Crippen LogP contribution in [0.25, 0.3) is 10.9 Å². The normalized spacial score (nSPS) is 22.6. The zero-order valence-corrected chi connectivity index (χ0v) is 24.0. The predicted octanol–water partition coefficient (Wildman–Crippen LogP) is 1.85. The molecule has 220 valence electrons. The molecule has 2 aromatic rings. The molecule has 0 radical (unpaired) electrons. The Labute approximate surface area is 242 Å². The largest absolute Gasteiger partial charge is 0.480 e. The van der Waals surface area contributed by atoms with Crippen molar-refractivity contribution in [3.05, 3.63) is 54.7 Å². The lowest BCUT2D eigenvalue weighted by molar-refractivity contribution is -0.186. The molecule has 5 rings (SSSR count). The topological polar surface area (TPSA) is 144 Å². The van der Waals surface area contributed by atoms with Gasteiger partial charge in [0.05, 0.1) is 31.8 Å². The number of hydrogen-bond donors (Lipinski definition) is 2. The molecule has 1 unspecified atom stereocenters. The minimum atomic E-state index is -4.20. The van der Waals surface area contributed by atoms with Gasteiger partial charge in [0.25, 0.3) is 10.0 Å². The fourth-order valence-electron chi connectivity index (χ4n) is 5.97. The summed E-state index contributed by atoms with van der Waals surface area (Å²) in [6, 6.07) is 6.42. The molecule has 1 aromatic heterocycles. The summed E-state index contributed by atoms with van der Waals surface area (Å²) in [4.78, 5) is 45.2. The number of halogens is 1. The van der Waals surface area contributed by atoms with Crippen LogP contribution in [0.15, 0.2) is 54.7 Å². The van der Waals surface area contributed by atoms with Crippen molar-refractivity contribution in [2.24, 2.45) is 0 Å². The van der Waals surface area contributed by atoms with E-state index in [0.29, 0.717) is 41.9 Å². The third kappa shape index (κ3) is 5.46. The minimum Gasteiger partial charge on any atom is -0.480 e. The SMILES string of the molecule is C=CCC(=O)N1CCC2(CC1)CN1C(=O)CN(S(=O)(=O)c3cc4cc(Cl)ccc4[nH]3)CC1(CN(C=C)CC(=O)O)O2. The number of fused-ring (bicyclic) bond motifs is 2. The number of hydrogen-bond acceptors (Lipinski definition) is 7. The Morgan fingerprint density at radius 2 is 1.93 bits per heavy atom. The average Bonchev–Trinajstić information content (AvgIpc) is 3.48. The van der Waals surface area contributed by atoms with Gasteiger partial charge in [0, 0.05) is 35.4 Å². The van der Waals surface area contributed by atoms with Crippen LogP contribution in [0.2, 0.25) is 5.02 Å². The maximum Gasteiger partial charge on any atom is 0.323 e. The number of nitrogens with one attached hydrogen (secondary N) is 1. The van der Waals surface area contributed by atoms with Crippen LogP contribution in [-0.2, 0) is 29.1 Å². The molecule has 3 aliphatic rings. The highest BCUT2D eigenvalue weighted by atomic mass is 35.5. The number of nitrogens with zero attached hydrogens (tertiary/aromatic N) is 4. The van der Waals surface area contributed by atoms with Crippen LogP contribution in [0.1, 0.15) is 19.3 Å². The lowest BCUT2D eigenvalue weighted by Crippen LogP contribution is -2.67. The molecule has 1 aromatic carbocycles. The first-order chi connectivity index (χ1) is 19.4. The second-order valence-corrected chi connectivity index (χ2v) is 13.0. The van der Waals surface area contributed by atoms with Crippen molar-refractivity contribution < 1.29 is 32.6 Å². The second kappa shape index (κ2) is 10.8. The standard InChI is InChI=1S/C27H32ClN5O7S/c1-3-5-23(34)31-10-8-26(9-11-31)16-33-24(35)14-32(18-27(33,40-26)17-30(4-2)15-25(36)37)41(38,39)22-13-19-12-20(28)6-7-21(19)29-22/h3-4,6-7,12-13,29H,1-2,5,8-11,14-18H2,(H,36,37). The van der Waals surface area contributed by atoms with Gasteiger partial charge in [-0.1, -0.05) is 24.3 Å². The molecule has 1 spiro atoms. The fourth-order valence-corrected chi connectivity index (χ4v) is 7.59. The van der Waals surface area contributed by atoms with Gasteiger partial charge in [-0.05, 0) is 43.3 Å². The number of rotatable bonds is 9. The maximum atomic E-state index is 13.9. The van der Waals surface area contributed by atoms with E-state index in [4.69, 9.17) is 16.3 Å². The molecule has 3 fully saturated rings. The van der Waals surface area contributed by atoms with Crippen LogP contribution in [0.4, 0.5) is 0 Å². The zero-order valence-electron chi connectivity index (χ0n) is 22.4. The van der Waals surface area contributed by atoms with Gasteiger partial charge in [0.2, 0.25) is 11.8 Å². The van der Waals surface area contributed by atoms with E-state index < -0.39 is 46.3 Å². The van der Waals surface area contributed by atoms with Gasteiger partial charge in [-0.3, -0.25) is 14.4 Å². The highest BCUT2D eigenvalue weighted by molar-refractivity contribution is 7.89. The number of carboxylic acid groups (broad SMARTS) is 1. The van der Waals surface area contributed by atoms with Crippen LogP contribution in [0.3, 0.4) is 0 Å². The Kier molecular flexibility index (Phi) is 7.66. The van der Waals surface area contributed by atoms with Crippen molar-refractivity contribution in [1.29, 1.82) is 0 Å². The van der Waals surface area contributed by atoms with Crippen molar-refractivity contribution in [3.8, 4) is 0 Å². The molecule has 14 heteroatoms. The van der Waals surface area contributed by atoms with Crippen LogP contribution in [0.5, 0.6) is 0 Å². The molecule has 3 saturated heterocycles. The van der Waals surface area contributed by atoms with Crippen molar-refractivity contribution in [3.63, 3.8) is 0 Å². The van der Waals surface area contributed by atoms with Gasteiger partial charge >= 0.3 is 5.97 Å². The minimum absolute atomic E-state index is 0.0486. The number of carbonyl (C=O) groups is 3. The summed E-state index contributed by atoms with van der Waals surface area (Å²) in [6.45, 7) is 7.20. The number of benzene rings is 1. The Hall–Kier alpha value is -3.39. The number of likely N-dealkylation sites (tertiary alicyclic amines) is 1. The monoisotopic (exact) mass is 605 g/mol. The average molecular weight is 606 g/mol. The molecular formula is C27H32ClN5O7S. The van der Waals surface area contributed by atoms with E-state index in [0.717, 1.165) is 4.31 Å². The molecule has 0 aliphatic carbocycles. The summed E-state index contributed by atoms with van der Waals surface area (Å²) in [5, 5.41) is 10.4. The van der Waals surface area contributed by atoms with E-state index in [-0.39, 0.29) is 37.0 Å². The molecule has 3 aliphatic heterocycles. The van der Waals surface area contributed by atoms with Crippen molar-refractivity contribution in [2.75, 3.05) is 45.8 Å². The van der Waals surface area contributed by atoms with Gasteiger partial charge in [0.1, 0.15) is 11.6 Å². The number of ether oxygens (including phenoxy) is 1. The predicted molar refractivity (Wildman–Crippen MR) is 150 cm³/mol. The maximum absolute atomic E-state index is 13.9. The Morgan fingerprint density at radius 3 is 2.59 bits per heavy atom. The number of sulfonamides is 1. The van der Waals surface area contributed by atoms with Gasteiger partial charge < -0.3 is 29.5 Å². The molecule has 0 bridgehead atoms. The van der Waals surface area contributed by atoms with E-state index in [1.807, 2.05) is 0 Å². The van der Waals surface area contributed by atoms with Gasteiger partial charge in [0.15, 0.2) is 5.72 Å². The molecule has 0 saturated carbocycles. The number of carboxylic acids is 1. The summed E-state index contributed by atoms with van der Waals surface area (Å²) in [5.74, 6) is -1.62. The molecule has 2 N–H and O–H groups in total. The number of H-pyrrole nitrogens is 1. The van der Waals surface area contributed by atoms with Crippen LogP contribution in [0, 0.1) is 0 Å². The van der Waals surface area contributed by atoms with Gasteiger partial charge in [-0.2, -0.15) is 4.31 Å².